The summed E-state index contributed by atoms with van der Waals surface area (Å²) in [5.41, 5.74) is 1.76. The van der Waals surface area contributed by atoms with Gasteiger partial charge in [0.1, 0.15) is 29.7 Å². The van der Waals surface area contributed by atoms with Gasteiger partial charge in [0.25, 0.3) is 0 Å². The summed E-state index contributed by atoms with van der Waals surface area (Å²) in [6.45, 7) is 3.51. The molecule has 0 heterocycles. The predicted octanol–water partition coefficient (Wildman–Crippen LogP) is 6.49. The highest BCUT2D eigenvalue weighted by atomic mass is 35.5. The molecule has 0 aliphatic heterocycles. The molecule has 0 radical (unpaired) electrons. The number of amides is 2. The lowest BCUT2D eigenvalue weighted by atomic mass is 10.2. The van der Waals surface area contributed by atoms with E-state index >= 15 is 0 Å². The van der Waals surface area contributed by atoms with Crippen molar-refractivity contribution in [1.29, 1.82) is 0 Å². The van der Waals surface area contributed by atoms with Gasteiger partial charge in [0.15, 0.2) is 0 Å². The van der Waals surface area contributed by atoms with Gasteiger partial charge in [0.05, 0.1) is 26.4 Å². The zero-order valence-corrected chi connectivity index (χ0v) is 24.5. The molecule has 3 aromatic carbocycles. The number of nitrogens with one attached hydrogen (secondary N) is 1. The van der Waals surface area contributed by atoms with Gasteiger partial charge in [-0.15, -0.1) is 11.6 Å². The van der Waals surface area contributed by atoms with Crippen LogP contribution in [-0.4, -0.2) is 62.6 Å². The van der Waals surface area contributed by atoms with E-state index in [1.54, 1.807) is 4.90 Å². The van der Waals surface area contributed by atoms with Gasteiger partial charge >= 0.3 is 6.09 Å². The standard InChI is InChI=1S/C32H39ClN2O7/c33-24-31(36)35(25-26-8-4-3-5-9-26)27-10-12-29(13-11-27)42-30-16-14-28(15-17-30)41-23-22-40-21-20-39-19-7-2-1-6-18-34-32(37)38/h3-5,8-17,34H,1-2,6-7,18-25H2,(H,37,38). The Kier molecular flexibility index (Phi) is 15.1. The van der Waals surface area contributed by atoms with Crippen molar-refractivity contribution in [2.45, 2.75) is 32.2 Å². The van der Waals surface area contributed by atoms with Gasteiger partial charge in [-0.05, 0) is 66.9 Å². The summed E-state index contributed by atoms with van der Waals surface area (Å²) in [4.78, 5) is 24.5. The number of carboxylic acid groups (broad SMARTS) is 1. The van der Waals surface area contributed by atoms with Gasteiger partial charge in [0.2, 0.25) is 5.91 Å². The molecular formula is C32H39ClN2O7. The van der Waals surface area contributed by atoms with Crippen LogP contribution >= 0.6 is 11.6 Å². The molecular weight excluding hydrogens is 560 g/mol. The van der Waals surface area contributed by atoms with Crippen molar-refractivity contribution in [3.8, 4) is 17.2 Å². The smallest absolute Gasteiger partial charge is 0.404 e. The monoisotopic (exact) mass is 598 g/mol. The summed E-state index contributed by atoms with van der Waals surface area (Å²) < 4.78 is 22.8. The molecule has 0 bridgehead atoms. The van der Waals surface area contributed by atoms with Gasteiger partial charge in [0, 0.05) is 18.8 Å². The molecule has 0 spiro atoms. The first kappa shape index (κ1) is 32.7. The third kappa shape index (κ3) is 12.8. The lowest BCUT2D eigenvalue weighted by Crippen LogP contribution is -2.31. The fraction of sp³-hybridized carbons (Fsp3) is 0.375. The van der Waals surface area contributed by atoms with Crippen molar-refractivity contribution in [1.82, 2.24) is 5.32 Å². The van der Waals surface area contributed by atoms with Crippen molar-refractivity contribution in [2.24, 2.45) is 0 Å². The van der Waals surface area contributed by atoms with Gasteiger partial charge < -0.3 is 34.3 Å². The zero-order chi connectivity index (χ0) is 29.8. The Labute approximate surface area is 252 Å². The molecule has 9 nitrogen and oxygen atoms in total. The Morgan fingerprint density at radius 2 is 1.31 bits per heavy atom. The van der Waals surface area contributed by atoms with E-state index in [1.807, 2.05) is 78.9 Å². The van der Waals surface area contributed by atoms with Crippen LogP contribution in [0.5, 0.6) is 17.2 Å². The Morgan fingerprint density at radius 1 is 0.714 bits per heavy atom. The van der Waals surface area contributed by atoms with E-state index in [4.69, 9.17) is 35.7 Å². The topological polar surface area (TPSA) is 107 Å². The maximum absolute atomic E-state index is 12.5. The third-order valence-corrected chi connectivity index (χ3v) is 6.40. The maximum atomic E-state index is 12.5. The maximum Gasteiger partial charge on any atom is 0.404 e. The summed E-state index contributed by atoms with van der Waals surface area (Å²) in [6, 6.07) is 24.4. The second-order valence-corrected chi connectivity index (χ2v) is 9.65. The highest BCUT2D eigenvalue weighted by Crippen LogP contribution is 2.27. The average molecular weight is 599 g/mol. The summed E-state index contributed by atoms with van der Waals surface area (Å²) >= 11 is 5.86. The number of halogens is 1. The Hall–Kier alpha value is -3.79. The molecule has 0 saturated heterocycles. The number of unbranched alkanes of at least 4 members (excludes halogenated alkanes) is 3. The van der Waals surface area contributed by atoms with Crippen molar-refractivity contribution >= 4 is 29.3 Å². The first-order chi connectivity index (χ1) is 20.5. The number of hydrogen-bond donors (Lipinski definition) is 2. The Morgan fingerprint density at radius 3 is 1.98 bits per heavy atom. The van der Waals surface area contributed by atoms with Crippen LogP contribution in [0.2, 0.25) is 0 Å². The number of carbonyl (C=O) groups excluding carboxylic acids is 1. The number of anilines is 1. The van der Waals surface area contributed by atoms with Gasteiger partial charge in [-0.1, -0.05) is 43.2 Å². The fourth-order valence-electron chi connectivity index (χ4n) is 4.01. The molecule has 0 aliphatic rings. The van der Waals surface area contributed by atoms with E-state index in [9.17, 15) is 9.59 Å². The van der Waals surface area contributed by atoms with Crippen LogP contribution in [0.4, 0.5) is 10.5 Å². The van der Waals surface area contributed by atoms with E-state index in [2.05, 4.69) is 5.32 Å². The van der Waals surface area contributed by atoms with Crippen molar-refractivity contribution < 1.29 is 33.6 Å². The molecule has 226 valence electrons. The van der Waals surface area contributed by atoms with Crippen molar-refractivity contribution in [3.05, 3.63) is 84.4 Å². The second kappa shape index (κ2) is 19.4. The molecule has 42 heavy (non-hydrogen) atoms. The summed E-state index contributed by atoms with van der Waals surface area (Å²) in [5, 5.41) is 10.9. The minimum absolute atomic E-state index is 0.0978. The minimum Gasteiger partial charge on any atom is -0.491 e. The predicted molar refractivity (Wildman–Crippen MR) is 163 cm³/mol. The number of carbonyl (C=O) groups is 2. The molecule has 0 fully saturated rings. The molecule has 10 heteroatoms. The highest BCUT2D eigenvalue weighted by Gasteiger charge is 2.15. The molecule has 3 rings (SSSR count). The van der Waals surface area contributed by atoms with Crippen LogP contribution in [0.25, 0.3) is 0 Å². The molecule has 0 saturated carbocycles. The minimum atomic E-state index is -0.975. The summed E-state index contributed by atoms with van der Waals surface area (Å²) in [7, 11) is 0. The number of nitrogens with zero attached hydrogens (tertiary/aromatic N) is 1. The molecule has 0 atom stereocenters. The Bertz CT molecular complexity index is 1180. The van der Waals surface area contributed by atoms with E-state index < -0.39 is 6.09 Å². The number of hydrogen-bond acceptors (Lipinski definition) is 6. The quantitative estimate of drug-likeness (QED) is 0.113. The van der Waals surface area contributed by atoms with E-state index in [0.29, 0.717) is 63.4 Å². The zero-order valence-electron chi connectivity index (χ0n) is 23.7. The van der Waals surface area contributed by atoms with Crippen LogP contribution in [0.1, 0.15) is 31.2 Å². The molecule has 2 amide bonds. The number of alkyl halides is 1. The van der Waals surface area contributed by atoms with E-state index in [0.717, 1.165) is 36.9 Å². The lowest BCUT2D eigenvalue weighted by Gasteiger charge is -2.22. The van der Waals surface area contributed by atoms with Gasteiger partial charge in [-0.25, -0.2) is 4.79 Å². The molecule has 2 N–H and O–H groups in total. The first-order valence-corrected chi connectivity index (χ1v) is 14.6. The van der Waals surface area contributed by atoms with Crippen molar-refractivity contribution in [3.63, 3.8) is 0 Å². The third-order valence-electron chi connectivity index (χ3n) is 6.17. The van der Waals surface area contributed by atoms with Crippen LogP contribution in [-0.2, 0) is 20.8 Å². The highest BCUT2D eigenvalue weighted by molar-refractivity contribution is 6.29. The average Bonchev–Trinajstić information content (AvgIpc) is 3.01. The largest absolute Gasteiger partial charge is 0.491 e. The van der Waals surface area contributed by atoms with Crippen molar-refractivity contribution in [2.75, 3.05) is 50.4 Å². The number of ether oxygens (including phenoxy) is 4. The van der Waals surface area contributed by atoms with Gasteiger partial charge in [-0.2, -0.15) is 0 Å². The Balaban J connectivity index is 1.29. The van der Waals surface area contributed by atoms with Crippen LogP contribution in [0, 0.1) is 0 Å². The van der Waals surface area contributed by atoms with Crippen LogP contribution < -0.4 is 19.7 Å². The van der Waals surface area contributed by atoms with E-state index in [-0.39, 0.29) is 11.8 Å². The molecule has 0 aromatic heterocycles. The SMILES string of the molecule is O=C(O)NCCCCCCOCCOCCOc1ccc(Oc2ccc(N(Cc3ccccc3)C(=O)CCl)cc2)cc1. The number of benzene rings is 3. The van der Waals surface area contributed by atoms with E-state index in [1.165, 1.54) is 0 Å². The molecule has 3 aromatic rings. The number of rotatable bonds is 20. The van der Waals surface area contributed by atoms with Crippen LogP contribution in [0.15, 0.2) is 78.9 Å². The lowest BCUT2D eigenvalue weighted by molar-refractivity contribution is -0.116. The normalized spacial score (nSPS) is 10.7. The second-order valence-electron chi connectivity index (χ2n) is 9.39. The molecule has 0 aliphatic carbocycles. The molecule has 0 unspecified atom stereocenters. The van der Waals surface area contributed by atoms with Crippen LogP contribution in [0.3, 0.4) is 0 Å². The summed E-state index contributed by atoms with van der Waals surface area (Å²) in [5.74, 6) is 1.76. The fourth-order valence-corrected chi connectivity index (χ4v) is 4.16. The van der Waals surface area contributed by atoms with Gasteiger partial charge in [-0.3, -0.25) is 4.79 Å². The summed E-state index contributed by atoms with van der Waals surface area (Å²) in [6.07, 6.45) is 2.80. The first-order valence-electron chi connectivity index (χ1n) is 14.1.